The zero-order valence-corrected chi connectivity index (χ0v) is 35.5. The highest BCUT2D eigenvalue weighted by atomic mass is 16.3. The lowest BCUT2D eigenvalue weighted by Crippen LogP contribution is -2.10. The van der Waals surface area contributed by atoms with E-state index in [9.17, 15) is 0 Å². The second-order valence-electron chi connectivity index (χ2n) is 16.6. The normalized spacial score (nSPS) is 11.6. The molecule has 0 atom stereocenters. The van der Waals surface area contributed by atoms with Gasteiger partial charge in [0, 0.05) is 78.8 Å². The van der Waals surface area contributed by atoms with Crippen molar-refractivity contribution in [2.75, 3.05) is 9.80 Å². The lowest BCUT2D eigenvalue weighted by atomic mass is 9.96. The van der Waals surface area contributed by atoms with Crippen molar-refractivity contribution < 1.29 is 8.83 Å². The third kappa shape index (κ3) is 6.26. The van der Waals surface area contributed by atoms with E-state index in [1.54, 1.807) is 0 Å². The maximum atomic E-state index is 6.54. The molecule has 66 heavy (non-hydrogen) atoms. The van der Waals surface area contributed by atoms with Crippen LogP contribution < -0.4 is 9.80 Å². The molecule has 4 heterocycles. The summed E-state index contributed by atoms with van der Waals surface area (Å²) < 4.78 is 12.8. The van der Waals surface area contributed by atoms with E-state index in [1.165, 1.54) is 0 Å². The van der Waals surface area contributed by atoms with Crippen LogP contribution in [0.15, 0.2) is 240 Å². The lowest BCUT2D eigenvalue weighted by Gasteiger charge is -2.26. The number of pyridine rings is 2. The Bertz CT molecular complexity index is 3900. The van der Waals surface area contributed by atoms with Crippen molar-refractivity contribution >= 4 is 99.8 Å². The maximum Gasteiger partial charge on any atom is 0.135 e. The molecule has 310 valence electrons. The van der Waals surface area contributed by atoms with E-state index in [1.807, 2.05) is 30.6 Å². The first-order valence-corrected chi connectivity index (χ1v) is 22.1. The highest BCUT2D eigenvalue weighted by Gasteiger charge is 2.20. The van der Waals surface area contributed by atoms with Crippen LogP contribution in [0.1, 0.15) is 0 Å². The molecule has 0 bridgehead atoms. The van der Waals surface area contributed by atoms with Crippen LogP contribution in [0, 0.1) is 0 Å². The lowest BCUT2D eigenvalue weighted by molar-refractivity contribution is 0.668. The Kier molecular flexibility index (Phi) is 8.74. The van der Waals surface area contributed by atoms with Crippen molar-refractivity contribution in [3.63, 3.8) is 0 Å². The molecular formula is C60H38N4O2. The SMILES string of the molecule is c1ccc(-c2ccnc3c2ccc2c(-c4ccc(N(c5ccc6oc7ccccc7c6c5)c5ccc6oc7ccc(N(c8ccccc8)c8ccccc8)cc7c6c5)cc4)ccnc23)cc1. The zero-order valence-electron chi connectivity index (χ0n) is 35.5. The van der Waals surface area contributed by atoms with E-state index >= 15 is 0 Å². The number of benzene rings is 9. The van der Waals surface area contributed by atoms with Gasteiger partial charge < -0.3 is 18.6 Å². The van der Waals surface area contributed by atoms with E-state index in [2.05, 4.69) is 210 Å². The largest absolute Gasteiger partial charge is 0.456 e. The molecule has 6 nitrogen and oxygen atoms in total. The number of fused-ring (bicyclic) bond motifs is 9. The first-order valence-electron chi connectivity index (χ1n) is 22.1. The van der Waals surface area contributed by atoms with Gasteiger partial charge in [0.25, 0.3) is 0 Å². The molecule has 4 aromatic heterocycles. The van der Waals surface area contributed by atoms with Crippen LogP contribution in [0.5, 0.6) is 0 Å². The van der Waals surface area contributed by atoms with Gasteiger partial charge in [-0.2, -0.15) is 0 Å². The Balaban J connectivity index is 0.949. The van der Waals surface area contributed by atoms with Crippen LogP contribution in [-0.4, -0.2) is 9.97 Å². The Hall–Kier alpha value is -9.00. The third-order valence-corrected chi connectivity index (χ3v) is 12.7. The first kappa shape index (κ1) is 37.5. The summed E-state index contributed by atoms with van der Waals surface area (Å²) in [6, 6.07) is 76.5. The van der Waals surface area contributed by atoms with Crippen LogP contribution in [0.3, 0.4) is 0 Å². The van der Waals surface area contributed by atoms with Gasteiger partial charge in [0.1, 0.15) is 22.3 Å². The summed E-state index contributed by atoms with van der Waals surface area (Å²) in [4.78, 5) is 14.4. The van der Waals surface area contributed by atoms with Gasteiger partial charge in [0.2, 0.25) is 0 Å². The van der Waals surface area contributed by atoms with Gasteiger partial charge in [-0.1, -0.05) is 109 Å². The molecule has 0 fully saturated rings. The van der Waals surface area contributed by atoms with Crippen LogP contribution in [0.2, 0.25) is 0 Å². The van der Waals surface area contributed by atoms with Crippen molar-refractivity contribution in [3.8, 4) is 22.3 Å². The molecule has 0 spiro atoms. The molecule has 0 saturated carbocycles. The van der Waals surface area contributed by atoms with E-state index in [0.717, 1.165) is 122 Å². The summed E-state index contributed by atoms with van der Waals surface area (Å²) in [6.07, 6.45) is 3.78. The minimum atomic E-state index is 0.825. The number of aromatic nitrogens is 2. The second kappa shape index (κ2) is 15.4. The predicted octanol–water partition coefficient (Wildman–Crippen LogP) is 16.9. The summed E-state index contributed by atoms with van der Waals surface area (Å²) in [7, 11) is 0. The van der Waals surface area contributed by atoms with E-state index in [0.29, 0.717) is 0 Å². The number of rotatable bonds is 8. The summed E-state index contributed by atoms with van der Waals surface area (Å²) in [5.74, 6) is 0. The van der Waals surface area contributed by atoms with Gasteiger partial charge in [-0.25, -0.2) is 0 Å². The Morgan fingerprint density at radius 1 is 0.273 bits per heavy atom. The molecule has 0 N–H and O–H groups in total. The highest BCUT2D eigenvalue weighted by molar-refractivity contribution is 6.12. The molecule has 13 rings (SSSR count). The van der Waals surface area contributed by atoms with Gasteiger partial charge in [0.15, 0.2) is 0 Å². The van der Waals surface area contributed by atoms with Crippen LogP contribution in [0.4, 0.5) is 34.1 Å². The van der Waals surface area contributed by atoms with Crippen LogP contribution >= 0.6 is 0 Å². The maximum absolute atomic E-state index is 6.54. The Morgan fingerprint density at radius 3 is 1.17 bits per heavy atom. The molecule has 0 saturated heterocycles. The average molecular weight is 847 g/mol. The van der Waals surface area contributed by atoms with Gasteiger partial charge in [0.05, 0.1) is 11.0 Å². The number of hydrogen-bond acceptors (Lipinski definition) is 6. The first-order chi connectivity index (χ1) is 32.7. The van der Waals surface area contributed by atoms with Crippen molar-refractivity contribution in [2.24, 2.45) is 0 Å². The van der Waals surface area contributed by atoms with Gasteiger partial charge in [-0.05, 0) is 131 Å². The van der Waals surface area contributed by atoms with Gasteiger partial charge >= 0.3 is 0 Å². The topological polar surface area (TPSA) is 58.5 Å². The predicted molar refractivity (Wildman–Crippen MR) is 272 cm³/mol. The molecule has 0 aliphatic rings. The molecule has 0 amide bonds. The molecule has 0 unspecified atom stereocenters. The summed E-state index contributed by atoms with van der Waals surface area (Å²) in [5, 5.41) is 6.34. The average Bonchev–Trinajstić information content (AvgIpc) is 3.95. The fraction of sp³-hybridized carbons (Fsp3) is 0. The molecule has 13 aromatic rings. The molecule has 0 aliphatic carbocycles. The second-order valence-corrected chi connectivity index (χ2v) is 16.6. The molecule has 0 radical (unpaired) electrons. The van der Waals surface area contributed by atoms with Crippen LogP contribution in [0.25, 0.3) is 87.9 Å². The summed E-state index contributed by atoms with van der Waals surface area (Å²) in [6.45, 7) is 0. The minimum Gasteiger partial charge on any atom is -0.456 e. The Labute approximate surface area is 379 Å². The quantitative estimate of drug-likeness (QED) is 0.142. The molecule has 6 heteroatoms. The number of para-hydroxylation sites is 3. The van der Waals surface area contributed by atoms with Crippen molar-refractivity contribution in [3.05, 3.63) is 231 Å². The number of anilines is 6. The third-order valence-electron chi connectivity index (χ3n) is 12.7. The van der Waals surface area contributed by atoms with Crippen molar-refractivity contribution in [1.82, 2.24) is 9.97 Å². The minimum absolute atomic E-state index is 0.825. The van der Waals surface area contributed by atoms with E-state index in [-0.39, 0.29) is 0 Å². The number of furan rings is 2. The number of nitrogens with zero attached hydrogens (tertiary/aromatic N) is 4. The monoisotopic (exact) mass is 846 g/mol. The van der Waals surface area contributed by atoms with Crippen LogP contribution in [-0.2, 0) is 0 Å². The van der Waals surface area contributed by atoms with E-state index in [4.69, 9.17) is 18.8 Å². The zero-order chi connectivity index (χ0) is 43.6. The fourth-order valence-electron chi connectivity index (χ4n) is 9.67. The van der Waals surface area contributed by atoms with Gasteiger partial charge in [-0.15, -0.1) is 0 Å². The standard InChI is InChI=1S/C60H38N4O2/c1-4-12-39(13-5-1)47-32-34-61-59-50(47)27-28-51-48(33-35-62-60(51)59)40-20-22-43(23-21-40)64(45-25-29-56-52(36-45)49-18-10-11-19-55(49)65-56)46-26-31-58-54(38-46)53-37-44(24-30-57(53)66-58)63(41-14-6-2-7-15-41)42-16-8-3-9-17-42/h1-38H. The van der Waals surface area contributed by atoms with Crippen molar-refractivity contribution in [2.45, 2.75) is 0 Å². The number of hydrogen-bond donors (Lipinski definition) is 0. The smallest absolute Gasteiger partial charge is 0.135 e. The molecular weight excluding hydrogens is 809 g/mol. The highest BCUT2D eigenvalue weighted by Crippen LogP contribution is 2.44. The molecule has 0 aliphatic heterocycles. The Morgan fingerprint density at radius 2 is 0.652 bits per heavy atom. The summed E-state index contributed by atoms with van der Waals surface area (Å²) >= 11 is 0. The summed E-state index contributed by atoms with van der Waals surface area (Å²) in [5.41, 5.74) is 15.9. The fourth-order valence-corrected chi connectivity index (χ4v) is 9.67. The van der Waals surface area contributed by atoms with E-state index < -0.39 is 0 Å². The van der Waals surface area contributed by atoms with Gasteiger partial charge in [-0.3, -0.25) is 9.97 Å². The van der Waals surface area contributed by atoms with Crippen molar-refractivity contribution in [1.29, 1.82) is 0 Å². The molecule has 9 aromatic carbocycles.